The zero-order valence-electron chi connectivity index (χ0n) is 14.4. The summed E-state index contributed by atoms with van der Waals surface area (Å²) in [5, 5.41) is 3.50. The highest BCUT2D eigenvalue weighted by molar-refractivity contribution is 5.77. The third-order valence-corrected chi connectivity index (χ3v) is 5.40. The minimum atomic E-state index is -0.0870. The van der Waals surface area contributed by atoms with E-state index in [-0.39, 0.29) is 17.6 Å². The second-order valence-corrected chi connectivity index (χ2v) is 6.84. The first kappa shape index (κ1) is 16.1. The average Bonchev–Trinajstić information content (AvgIpc) is 3.07. The number of carbonyl (C=O) groups excluding carboxylic acids is 1. The Labute approximate surface area is 146 Å². The number of carbonyl (C=O) groups is 1. The maximum Gasteiger partial charge on any atom is 0.317 e. The molecular weight excluding hydrogens is 318 g/mol. The van der Waals surface area contributed by atoms with E-state index in [0.29, 0.717) is 17.3 Å². The first-order valence-electron chi connectivity index (χ1n) is 8.91. The predicted molar refractivity (Wildman–Crippen MR) is 95.5 cm³/mol. The summed E-state index contributed by atoms with van der Waals surface area (Å²) in [5.74, 6) is 0.709. The molecule has 2 N–H and O–H groups in total. The average molecular weight is 341 g/mol. The lowest BCUT2D eigenvalue weighted by Gasteiger charge is -2.38. The molecule has 2 fully saturated rings. The molecular formula is C18H23N5O2. The van der Waals surface area contributed by atoms with E-state index >= 15 is 0 Å². The molecule has 0 spiro atoms. The molecule has 0 bridgehead atoms. The van der Waals surface area contributed by atoms with Crippen molar-refractivity contribution in [2.75, 3.05) is 26.2 Å². The number of aromatic nitrogens is 2. The van der Waals surface area contributed by atoms with Gasteiger partial charge in [0.25, 0.3) is 5.56 Å². The Hall–Kier alpha value is -2.41. The number of nitrogens with zero attached hydrogens (tertiary/aromatic N) is 3. The lowest BCUT2D eigenvalue weighted by atomic mass is 10.0. The van der Waals surface area contributed by atoms with Crippen molar-refractivity contribution in [2.45, 2.75) is 31.8 Å². The molecule has 7 heteroatoms. The van der Waals surface area contributed by atoms with E-state index in [4.69, 9.17) is 0 Å². The SMILES string of the molecule is CC(c1nc2ccccc2c(=O)[nH]1)N1CCC(N2CCNC2=O)CC1. The van der Waals surface area contributed by atoms with E-state index in [1.807, 2.05) is 23.1 Å². The predicted octanol–water partition coefficient (Wildman–Crippen LogP) is 1.47. The number of para-hydroxylation sites is 1. The molecule has 132 valence electrons. The molecule has 0 radical (unpaired) electrons. The summed E-state index contributed by atoms with van der Waals surface area (Å²) in [4.78, 5) is 36.0. The lowest BCUT2D eigenvalue weighted by Crippen LogP contribution is -2.46. The molecule has 1 aromatic heterocycles. The van der Waals surface area contributed by atoms with Gasteiger partial charge in [0, 0.05) is 32.2 Å². The van der Waals surface area contributed by atoms with Crippen molar-refractivity contribution in [3.8, 4) is 0 Å². The Bertz CT molecular complexity index is 841. The quantitative estimate of drug-likeness (QED) is 0.886. The van der Waals surface area contributed by atoms with E-state index in [1.165, 1.54) is 0 Å². The van der Waals surface area contributed by atoms with Crippen molar-refractivity contribution < 1.29 is 4.79 Å². The fourth-order valence-corrected chi connectivity index (χ4v) is 3.89. The first-order valence-corrected chi connectivity index (χ1v) is 8.91. The standard InChI is InChI=1S/C18H23N5O2/c1-12(16-20-15-5-3-2-4-14(15)17(24)21-16)22-9-6-13(7-10-22)23-11-8-19-18(23)25/h2-5,12-13H,6-11H2,1H3,(H,19,25)(H,20,21,24). The third-order valence-electron chi connectivity index (χ3n) is 5.40. The summed E-state index contributed by atoms with van der Waals surface area (Å²) < 4.78 is 0. The highest BCUT2D eigenvalue weighted by atomic mass is 16.2. The molecule has 1 aromatic carbocycles. The Kier molecular flexibility index (Phi) is 4.17. The van der Waals surface area contributed by atoms with Crippen LogP contribution < -0.4 is 10.9 Å². The topological polar surface area (TPSA) is 81.3 Å². The van der Waals surface area contributed by atoms with Crippen LogP contribution in [0, 0.1) is 0 Å². The van der Waals surface area contributed by atoms with Crippen LogP contribution in [0.1, 0.15) is 31.6 Å². The molecule has 1 unspecified atom stereocenters. The van der Waals surface area contributed by atoms with E-state index in [9.17, 15) is 9.59 Å². The van der Waals surface area contributed by atoms with Gasteiger partial charge in [-0.3, -0.25) is 9.69 Å². The van der Waals surface area contributed by atoms with Gasteiger partial charge in [0.15, 0.2) is 0 Å². The number of fused-ring (bicyclic) bond motifs is 1. The monoisotopic (exact) mass is 341 g/mol. The number of likely N-dealkylation sites (tertiary alicyclic amines) is 1. The number of hydrogen-bond donors (Lipinski definition) is 2. The summed E-state index contributed by atoms with van der Waals surface area (Å²) in [6, 6.07) is 7.84. The van der Waals surface area contributed by atoms with Crippen LogP contribution in [0.5, 0.6) is 0 Å². The van der Waals surface area contributed by atoms with Gasteiger partial charge in [-0.1, -0.05) is 12.1 Å². The maximum atomic E-state index is 12.3. The van der Waals surface area contributed by atoms with Crippen molar-refractivity contribution in [3.63, 3.8) is 0 Å². The highest BCUT2D eigenvalue weighted by Crippen LogP contribution is 2.25. The molecule has 2 aliphatic heterocycles. The van der Waals surface area contributed by atoms with Gasteiger partial charge < -0.3 is 15.2 Å². The van der Waals surface area contributed by atoms with Crippen molar-refractivity contribution in [1.82, 2.24) is 25.1 Å². The molecule has 2 amide bonds. The van der Waals surface area contributed by atoms with Crippen LogP contribution in [0.3, 0.4) is 0 Å². The number of nitrogens with one attached hydrogen (secondary N) is 2. The Balaban J connectivity index is 1.48. The first-order chi connectivity index (χ1) is 12.1. The van der Waals surface area contributed by atoms with Crippen molar-refractivity contribution in [2.24, 2.45) is 0 Å². The van der Waals surface area contributed by atoms with Crippen molar-refractivity contribution >= 4 is 16.9 Å². The van der Waals surface area contributed by atoms with Crippen LogP contribution in [-0.2, 0) is 0 Å². The van der Waals surface area contributed by atoms with Crippen LogP contribution in [0.15, 0.2) is 29.1 Å². The van der Waals surface area contributed by atoms with E-state index in [1.54, 1.807) is 6.07 Å². The second-order valence-electron chi connectivity index (χ2n) is 6.84. The zero-order valence-corrected chi connectivity index (χ0v) is 14.4. The Morgan fingerprint density at radius 2 is 1.92 bits per heavy atom. The number of hydrogen-bond acceptors (Lipinski definition) is 4. The number of urea groups is 1. The third kappa shape index (κ3) is 3.00. The van der Waals surface area contributed by atoms with Gasteiger partial charge >= 0.3 is 6.03 Å². The number of H-pyrrole nitrogens is 1. The molecule has 2 aliphatic rings. The van der Waals surface area contributed by atoms with E-state index in [2.05, 4.69) is 27.1 Å². The van der Waals surface area contributed by atoms with E-state index in [0.717, 1.165) is 44.5 Å². The van der Waals surface area contributed by atoms with Crippen LogP contribution in [0.2, 0.25) is 0 Å². The molecule has 2 saturated heterocycles. The largest absolute Gasteiger partial charge is 0.336 e. The summed E-state index contributed by atoms with van der Waals surface area (Å²) >= 11 is 0. The molecule has 0 saturated carbocycles. The van der Waals surface area contributed by atoms with Crippen LogP contribution in [-0.4, -0.2) is 58.0 Å². The summed E-state index contributed by atoms with van der Waals surface area (Å²) in [6.07, 6.45) is 1.91. The van der Waals surface area contributed by atoms with E-state index < -0.39 is 0 Å². The second kappa shape index (κ2) is 6.48. The van der Waals surface area contributed by atoms with Gasteiger partial charge in [0.1, 0.15) is 5.82 Å². The molecule has 2 aromatic rings. The van der Waals surface area contributed by atoms with Gasteiger partial charge in [-0.2, -0.15) is 0 Å². The fraction of sp³-hybridized carbons (Fsp3) is 0.500. The van der Waals surface area contributed by atoms with Crippen molar-refractivity contribution in [3.05, 3.63) is 40.4 Å². The smallest absolute Gasteiger partial charge is 0.317 e. The van der Waals surface area contributed by atoms with Gasteiger partial charge in [-0.15, -0.1) is 0 Å². The van der Waals surface area contributed by atoms with Crippen molar-refractivity contribution in [1.29, 1.82) is 0 Å². The van der Waals surface area contributed by atoms with Gasteiger partial charge in [0.2, 0.25) is 0 Å². The molecule has 4 rings (SSSR count). The van der Waals surface area contributed by atoms with Crippen LogP contribution in [0.4, 0.5) is 4.79 Å². The van der Waals surface area contributed by atoms with Crippen LogP contribution in [0.25, 0.3) is 10.9 Å². The minimum Gasteiger partial charge on any atom is -0.336 e. The summed E-state index contributed by atoms with van der Waals surface area (Å²) in [6.45, 7) is 5.42. The maximum absolute atomic E-state index is 12.3. The Morgan fingerprint density at radius 3 is 2.64 bits per heavy atom. The van der Waals surface area contributed by atoms with Gasteiger partial charge in [0.05, 0.1) is 16.9 Å². The number of amides is 2. The molecule has 3 heterocycles. The number of benzene rings is 1. The summed E-state index contributed by atoms with van der Waals surface area (Å²) in [7, 11) is 0. The molecule has 7 nitrogen and oxygen atoms in total. The lowest BCUT2D eigenvalue weighted by molar-refractivity contribution is 0.109. The van der Waals surface area contributed by atoms with Crippen LogP contribution >= 0.6 is 0 Å². The number of aromatic amines is 1. The zero-order chi connectivity index (χ0) is 17.4. The molecule has 1 atom stereocenters. The number of piperidine rings is 1. The molecule has 25 heavy (non-hydrogen) atoms. The molecule has 0 aliphatic carbocycles. The fourth-order valence-electron chi connectivity index (χ4n) is 3.89. The van der Waals surface area contributed by atoms with Gasteiger partial charge in [-0.25, -0.2) is 9.78 Å². The Morgan fingerprint density at radius 1 is 1.16 bits per heavy atom. The number of rotatable bonds is 3. The van der Waals surface area contributed by atoms with Gasteiger partial charge in [-0.05, 0) is 31.9 Å². The summed E-state index contributed by atoms with van der Waals surface area (Å²) in [5.41, 5.74) is 0.646. The highest BCUT2D eigenvalue weighted by Gasteiger charge is 2.32. The normalized spacial score (nSPS) is 20.8. The minimum absolute atomic E-state index is 0.0469.